The molecular formula is C34H36ClF4NO2S. The number of nitrogens with zero attached hydrogens (tertiary/aromatic N) is 1. The molecule has 1 aliphatic carbocycles. The minimum atomic E-state index is -4.56. The van der Waals surface area contributed by atoms with Crippen LogP contribution in [0.5, 0.6) is 5.75 Å². The quantitative estimate of drug-likeness (QED) is 0.150. The molecule has 0 aliphatic heterocycles. The van der Waals surface area contributed by atoms with Crippen LogP contribution in [0.2, 0.25) is 5.02 Å². The van der Waals surface area contributed by atoms with E-state index in [1.165, 1.54) is 29.5 Å². The van der Waals surface area contributed by atoms with Crippen LogP contribution in [0.25, 0.3) is 0 Å². The summed E-state index contributed by atoms with van der Waals surface area (Å²) in [6.07, 6.45) is 6.20. The summed E-state index contributed by atoms with van der Waals surface area (Å²) in [5, 5.41) is 9.21. The first kappa shape index (κ1) is 33.1. The third kappa shape index (κ3) is 8.66. The van der Waals surface area contributed by atoms with Crippen molar-refractivity contribution in [2.24, 2.45) is 0 Å². The fourth-order valence-electron chi connectivity index (χ4n) is 5.29. The first-order valence-electron chi connectivity index (χ1n) is 14.2. The molecule has 4 rings (SSSR count). The maximum absolute atomic E-state index is 14.5. The van der Waals surface area contributed by atoms with Crippen molar-refractivity contribution in [1.82, 2.24) is 4.90 Å². The van der Waals surface area contributed by atoms with Gasteiger partial charge < -0.3 is 9.84 Å². The number of allylic oxidation sites excluding steroid dienone is 3. The van der Waals surface area contributed by atoms with Crippen LogP contribution in [0.3, 0.4) is 0 Å². The number of rotatable bonds is 13. The number of ether oxygens (including phenoxy) is 1. The molecule has 0 bridgehead atoms. The van der Waals surface area contributed by atoms with E-state index in [-0.39, 0.29) is 35.7 Å². The SMILES string of the molecule is CSc1cc(OCC[C@@H](C)N(Cc2cccc(C(F)(F)F)c2Cl)CC(C2=CCCC=C2)c2ccccc2)cc(F)c1CO. The monoisotopic (exact) mass is 633 g/mol. The lowest BCUT2D eigenvalue weighted by Gasteiger charge is -2.34. The molecule has 3 aromatic carbocycles. The average Bonchev–Trinajstić information content (AvgIpc) is 3.00. The third-order valence-corrected chi connectivity index (χ3v) is 8.99. The van der Waals surface area contributed by atoms with Crippen molar-refractivity contribution < 1.29 is 27.4 Å². The second-order valence-corrected chi connectivity index (χ2v) is 11.8. The molecule has 43 heavy (non-hydrogen) atoms. The first-order chi connectivity index (χ1) is 20.6. The lowest BCUT2D eigenvalue weighted by molar-refractivity contribution is -0.137. The van der Waals surface area contributed by atoms with Crippen molar-refractivity contribution in [2.75, 3.05) is 19.4 Å². The summed E-state index contributed by atoms with van der Waals surface area (Å²) in [6.45, 7) is 2.63. The largest absolute Gasteiger partial charge is 0.493 e. The number of alkyl halides is 3. The fraction of sp³-hybridized carbons (Fsp3) is 0.353. The molecule has 9 heteroatoms. The van der Waals surface area contributed by atoms with Crippen LogP contribution in [0.1, 0.15) is 54.4 Å². The fourth-order valence-corrected chi connectivity index (χ4v) is 6.23. The van der Waals surface area contributed by atoms with Crippen molar-refractivity contribution in [1.29, 1.82) is 0 Å². The van der Waals surface area contributed by atoms with Gasteiger partial charge in [0.1, 0.15) is 11.6 Å². The van der Waals surface area contributed by atoms with Gasteiger partial charge in [-0.1, -0.05) is 72.3 Å². The van der Waals surface area contributed by atoms with Crippen LogP contribution < -0.4 is 4.74 Å². The Balaban J connectivity index is 1.60. The molecule has 230 valence electrons. The highest BCUT2D eigenvalue weighted by molar-refractivity contribution is 7.98. The second-order valence-electron chi connectivity index (χ2n) is 10.6. The molecule has 2 atom stereocenters. The van der Waals surface area contributed by atoms with Crippen LogP contribution in [0, 0.1) is 5.82 Å². The summed E-state index contributed by atoms with van der Waals surface area (Å²) in [6, 6.07) is 17.0. The topological polar surface area (TPSA) is 32.7 Å². The number of halogens is 5. The zero-order valence-corrected chi connectivity index (χ0v) is 25.8. The van der Waals surface area contributed by atoms with Crippen LogP contribution in [-0.2, 0) is 19.3 Å². The molecule has 3 aromatic rings. The van der Waals surface area contributed by atoms with Gasteiger partial charge in [-0.25, -0.2) is 4.39 Å². The number of hydrogen-bond donors (Lipinski definition) is 1. The molecule has 1 N–H and O–H groups in total. The Kier molecular flexibility index (Phi) is 11.8. The molecule has 0 aromatic heterocycles. The molecule has 1 aliphatic rings. The van der Waals surface area contributed by atoms with Gasteiger partial charge in [0.05, 0.1) is 23.8 Å². The van der Waals surface area contributed by atoms with Crippen LogP contribution in [0.15, 0.2) is 89.4 Å². The van der Waals surface area contributed by atoms with Crippen molar-refractivity contribution in [3.05, 3.63) is 118 Å². The summed E-state index contributed by atoms with van der Waals surface area (Å²) in [5.74, 6) is -0.175. The maximum atomic E-state index is 14.5. The Hall–Kier alpha value is -2.78. The lowest BCUT2D eigenvalue weighted by Crippen LogP contribution is -2.37. The Morgan fingerprint density at radius 3 is 2.49 bits per heavy atom. The van der Waals surface area contributed by atoms with Gasteiger partial charge in [-0.2, -0.15) is 13.2 Å². The van der Waals surface area contributed by atoms with Gasteiger partial charge in [0, 0.05) is 41.6 Å². The van der Waals surface area contributed by atoms with E-state index < -0.39 is 24.2 Å². The molecule has 1 unspecified atom stereocenters. The van der Waals surface area contributed by atoms with Crippen LogP contribution in [-0.4, -0.2) is 35.5 Å². The normalized spacial score (nSPS) is 15.0. The third-order valence-electron chi connectivity index (χ3n) is 7.74. The van der Waals surface area contributed by atoms with E-state index in [9.17, 15) is 22.7 Å². The minimum absolute atomic E-state index is 0.00467. The second kappa shape index (κ2) is 15.3. The Morgan fingerprint density at radius 2 is 1.84 bits per heavy atom. The van der Waals surface area contributed by atoms with Crippen LogP contribution in [0.4, 0.5) is 17.6 Å². The summed E-state index contributed by atoms with van der Waals surface area (Å²) in [5.41, 5.74) is 2.07. The van der Waals surface area contributed by atoms with Gasteiger partial charge in [0.25, 0.3) is 0 Å². The summed E-state index contributed by atoms with van der Waals surface area (Å²) >= 11 is 7.67. The zero-order chi connectivity index (χ0) is 31.0. The summed E-state index contributed by atoms with van der Waals surface area (Å²) < 4.78 is 61.5. The molecule has 0 heterocycles. The minimum Gasteiger partial charge on any atom is -0.493 e. The molecular weight excluding hydrogens is 598 g/mol. The smallest absolute Gasteiger partial charge is 0.417 e. The van der Waals surface area contributed by atoms with E-state index in [1.54, 1.807) is 18.4 Å². The molecule has 0 spiro atoms. The van der Waals surface area contributed by atoms with Gasteiger partial charge in [-0.05, 0) is 61.3 Å². The molecule has 0 amide bonds. The van der Waals surface area contributed by atoms with Crippen molar-refractivity contribution >= 4 is 23.4 Å². The molecule has 0 fully saturated rings. The standard InChI is InChI=1S/C34H36ClF4NO2S/c1-23(16-17-42-27-18-31(36)29(22-41)32(19-27)43-2)40(20-26-14-9-15-30(33(26)35)34(37,38)39)21-28(24-10-5-3-6-11-24)25-12-7-4-8-13-25/h3,5-7,9-15,18-19,23,28,41H,4,8,16-17,20-22H2,1-2H3/t23-,28?/m1/s1. The molecule has 0 saturated heterocycles. The van der Waals surface area contributed by atoms with Gasteiger partial charge in [-0.15, -0.1) is 11.8 Å². The van der Waals surface area contributed by atoms with Gasteiger partial charge in [-0.3, -0.25) is 4.90 Å². The number of benzene rings is 3. The first-order valence-corrected chi connectivity index (χ1v) is 15.8. The maximum Gasteiger partial charge on any atom is 0.417 e. The highest BCUT2D eigenvalue weighted by Crippen LogP contribution is 2.38. The Labute approximate surface area is 260 Å². The van der Waals surface area contributed by atoms with E-state index in [4.69, 9.17) is 16.3 Å². The number of thioether (sulfide) groups is 1. The number of aliphatic hydroxyl groups is 1. The van der Waals surface area contributed by atoms with Crippen molar-refractivity contribution in [3.8, 4) is 5.75 Å². The Bertz CT molecular complexity index is 1430. The highest BCUT2D eigenvalue weighted by atomic mass is 35.5. The van der Waals surface area contributed by atoms with E-state index in [1.807, 2.05) is 25.1 Å². The van der Waals surface area contributed by atoms with E-state index in [0.29, 0.717) is 29.2 Å². The van der Waals surface area contributed by atoms with E-state index in [0.717, 1.165) is 24.5 Å². The van der Waals surface area contributed by atoms with Crippen LogP contribution >= 0.6 is 23.4 Å². The molecule has 0 saturated carbocycles. The van der Waals surface area contributed by atoms with Crippen molar-refractivity contribution in [2.45, 2.75) is 62.4 Å². The average molecular weight is 634 g/mol. The van der Waals surface area contributed by atoms with Crippen molar-refractivity contribution in [3.63, 3.8) is 0 Å². The van der Waals surface area contributed by atoms with E-state index >= 15 is 0 Å². The number of aliphatic hydroxyl groups excluding tert-OH is 1. The summed E-state index contributed by atoms with van der Waals surface area (Å²) in [4.78, 5) is 2.75. The molecule has 0 radical (unpaired) electrons. The number of hydrogen-bond acceptors (Lipinski definition) is 4. The predicted molar refractivity (Wildman–Crippen MR) is 166 cm³/mol. The Morgan fingerprint density at radius 1 is 1.07 bits per heavy atom. The highest BCUT2D eigenvalue weighted by Gasteiger charge is 2.34. The van der Waals surface area contributed by atoms with Gasteiger partial charge in [0.15, 0.2) is 0 Å². The van der Waals surface area contributed by atoms with E-state index in [2.05, 4.69) is 35.3 Å². The van der Waals surface area contributed by atoms with Gasteiger partial charge >= 0.3 is 6.18 Å². The molecule has 3 nitrogen and oxygen atoms in total. The predicted octanol–water partition coefficient (Wildman–Crippen LogP) is 9.43. The summed E-state index contributed by atoms with van der Waals surface area (Å²) in [7, 11) is 0. The zero-order valence-electron chi connectivity index (χ0n) is 24.2. The lowest BCUT2D eigenvalue weighted by atomic mass is 9.87. The van der Waals surface area contributed by atoms with Gasteiger partial charge in [0.2, 0.25) is 0 Å².